The first-order valence-electron chi connectivity index (χ1n) is 6.69. The van der Waals surface area contributed by atoms with Crippen LogP contribution in [-0.2, 0) is 11.3 Å². The summed E-state index contributed by atoms with van der Waals surface area (Å²) in [5.41, 5.74) is 0.862. The number of hydrogen-bond acceptors (Lipinski definition) is 3. The number of pyridine rings is 1. The molecule has 0 aliphatic carbocycles. The molecule has 0 atom stereocenters. The van der Waals surface area contributed by atoms with Crippen molar-refractivity contribution in [3.05, 3.63) is 60.4 Å². The minimum atomic E-state index is 0.0207. The zero-order chi connectivity index (χ0) is 14.0. The summed E-state index contributed by atoms with van der Waals surface area (Å²) in [4.78, 5) is 15.8. The van der Waals surface area contributed by atoms with Gasteiger partial charge in [-0.3, -0.25) is 9.78 Å². The van der Waals surface area contributed by atoms with E-state index in [0.29, 0.717) is 26.0 Å². The number of hydrogen-bond donors (Lipinski definition) is 1. The highest BCUT2D eigenvalue weighted by molar-refractivity contribution is 5.75. The highest BCUT2D eigenvalue weighted by Crippen LogP contribution is 2.08. The van der Waals surface area contributed by atoms with Crippen molar-refractivity contribution in [1.29, 1.82) is 0 Å². The Hall–Kier alpha value is -2.36. The summed E-state index contributed by atoms with van der Waals surface area (Å²) < 4.78 is 5.53. The molecule has 0 fully saturated rings. The number of ether oxygens (including phenoxy) is 1. The van der Waals surface area contributed by atoms with E-state index in [9.17, 15) is 4.79 Å². The molecule has 0 saturated carbocycles. The van der Waals surface area contributed by atoms with Crippen molar-refractivity contribution < 1.29 is 9.53 Å². The normalized spacial score (nSPS) is 10.0. The molecule has 2 rings (SSSR count). The summed E-state index contributed by atoms with van der Waals surface area (Å²) in [7, 11) is 0. The fourth-order valence-corrected chi connectivity index (χ4v) is 1.72. The molecule has 0 saturated heterocycles. The van der Waals surface area contributed by atoms with E-state index >= 15 is 0 Å². The molecule has 1 N–H and O–H groups in total. The second kappa shape index (κ2) is 7.94. The molecule has 4 heteroatoms. The van der Waals surface area contributed by atoms with E-state index in [2.05, 4.69) is 10.3 Å². The molecule has 0 bridgehead atoms. The highest BCUT2D eigenvalue weighted by atomic mass is 16.5. The lowest BCUT2D eigenvalue weighted by atomic mass is 10.3. The van der Waals surface area contributed by atoms with Crippen LogP contribution in [-0.4, -0.2) is 17.5 Å². The third-order valence-corrected chi connectivity index (χ3v) is 2.75. The lowest BCUT2D eigenvalue weighted by molar-refractivity contribution is -0.121. The van der Waals surface area contributed by atoms with Crippen LogP contribution < -0.4 is 10.1 Å². The second-order valence-corrected chi connectivity index (χ2v) is 4.36. The fourth-order valence-electron chi connectivity index (χ4n) is 1.72. The molecule has 0 radical (unpaired) electrons. The molecular weight excluding hydrogens is 252 g/mol. The molecule has 1 aromatic carbocycles. The topological polar surface area (TPSA) is 51.2 Å². The van der Waals surface area contributed by atoms with Gasteiger partial charge in [-0.25, -0.2) is 0 Å². The lowest BCUT2D eigenvalue weighted by Crippen LogP contribution is -2.23. The fraction of sp³-hybridized carbons (Fsp3) is 0.250. The number of amides is 1. The Labute approximate surface area is 118 Å². The van der Waals surface area contributed by atoms with Crippen LogP contribution >= 0.6 is 0 Å². The van der Waals surface area contributed by atoms with Crippen LogP contribution in [0.4, 0.5) is 0 Å². The van der Waals surface area contributed by atoms with Crippen molar-refractivity contribution in [3.63, 3.8) is 0 Å². The van der Waals surface area contributed by atoms with E-state index in [-0.39, 0.29) is 5.91 Å². The van der Waals surface area contributed by atoms with Gasteiger partial charge in [0, 0.05) is 12.6 Å². The number of aromatic nitrogens is 1. The van der Waals surface area contributed by atoms with Crippen LogP contribution in [0.3, 0.4) is 0 Å². The average molecular weight is 270 g/mol. The van der Waals surface area contributed by atoms with Crippen LogP contribution in [0.2, 0.25) is 0 Å². The van der Waals surface area contributed by atoms with Crippen molar-refractivity contribution >= 4 is 5.91 Å². The van der Waals surface area contributed by atoms with Crippen LogP contribution in [0.5, 0.6) is 5.75 Å². The average Bonchev–Trinajstić information content (AvgIpc) is 2.52. The molecule has 20 heavy (non-hydrogen) atoms. The number of rotatable bonds is 7. The number of benzene rings is 1. The lowest BCUT2D eigenvalue weighted by Gasteiger charge is -2.06. The summed E-state index contributed by atoms with van der Waals surface area (Å²) >= 11 is 0. The first-order chi connectivity index (χ1) is 9.84. The smallest absolute Gasteiger partial charge is 0.220 e. The maximum Gasteiger partial charge on any atom is 0.220 e. The minimum absolute atomic E-state index is 0.0207. The molecule has 0 aliphatic heterocycles. The van der Waals surface area contributed by atoms with Gasteiger partial charge in [0.05, 0.1) is 18.8 Å². The standard InChI is InChI=1S/C16H18N2O2/c19-16(18-13-14-7-4-5-11-17-14)10-6-12-20-15-8-2-1-3-9-15/h1-5,7-9,11H,6,10,12-13H2,(H,18,19). The SMILES string of the molecule is O=C(CCCOc1ccccc1)NCc1ccccn1. The Kier molecular flexibility index (Phi) is 5.58. The van der Waals surface area contributed by atoms with E-state index in [1.54, 1.807) is 6.20 Å². The second-order valence-electron chi connectivity index (χ2n) is 4.36. The Morgan fingerprint density at radius 2 is 1.90 bits per heavy atom. The van der Waals surface area contributed by atoms with Gasteiger partial charge in [-0.2, -0.15) is 0 Å². The zero-order valence-electron chi connectivity index (χ0n) is 11.3. The van der Waals surface area contributed by atoms with E-state index in [0.717, 1.165) is 11.4 Å². The number of para-hydroxylation sites is 1. The summed E-state index contributed by atoms with van der Waals surface area (Å²) in [6, 6.07) is 15.2. The van der Waals surface area contributed by atoms with E-state index < -0.39 is 0 Å². The monoisotopic (exact) mass is 270 g/mol. The minimum Gasteiger partial charge on any atom is -0.494 e. The van der Waals surface area contributed by atoms with Gasteiger partial charge in [0.15, 0.2) is 0 Å². The van der Waals surface area contributed by atoms with Gasteiger partial charge in [-0.1, -0.05) is 24.3 Å². The highest BCUT2D eigenvalue weighted by Gasteiger charge is 2.02. The van der Waals surface area contributed by atoms with Crippen molar-refractivity contribution in [3.8, 4) is 5.75 Å². The molecule has 0 unspecified atom stereocenters. The number of nitrogens with zero attached hydrogens (tertiary/aromatic N) is 1. The van der Waals surface area contributed by atoms with Gasteiger partial charge >= 0.3 is 0 Å². The van der Waals surface area contributed by atoms with Crippen molar-refractivity contribution in [2.24, 2.45) is 0 Å². The molecule has 1 aromatic heterocycles. The Morgan fingerprint density at radius 1 is 1.10 bits per heavy atom. The quantitative estimate of drug-likeness (QED) is 0.787. The Bertz CT molecular complexity index is 515. The first kappa shape index (κ1) is 14.1. The largest absolute Gasteiger partial charge is 0.494 e. The van der Waals surface area contributed by atoms with Crippen molar-refractivity contribution in [2.45, 2.75) is 19.4 Å². The Balaban J connectivity index is 1.59. The van der Waals surface area contributed by atoms with Gasteiger partial charge < -0.3 is 10.1 Å². The first-order valence-corrected chi connectivity index (χ1v) is 6.69. The number of nitrogens with one attached hydrogen (secondary N) is 1. The molecular formula is C16H18N2O2. The predicted octanol–water partition coefficient (Wildman–Crippen LogP) is 2.56. The van der Waals surface area contributed by atoms with E-state index in [1.165, 1.54) is 0 Å². The third-order valence-electron chi connectivity index (χ3n) is 2.75. The van der Waals surface area contributed by atoms with E-state index in [4.69, 9.17) is 4.74 Å². The van der Waals surface area contributed by atoms with Gasteiger partial charge in [0.1, 0.15) is 5.75 Å². The predicted molar refractivity (Wildman–Crippen MR) is 77.3 cm³/mol. The van der Waals surface area contributed by atoms with Crippen LogP contribution in [0, 0.1) is 0 Å². The van der Waals surface area contributed by atoms with Crippen molar-refractivity contribution in [1.82, 2.24) is 10.3 Å². The molecule has 104 valence electrons. The molecule has 0 spiro atoms. The summed E-state index contributed by atoms with van der Waals surface area (Å²) in [5.74, 6) is 0.855. The van der Waals surface area contributed by atoms with Gasteiger partial charge in [-0.15, -0.1) is 0 Å². The molecule has 1 amide bonds. The Morgan fingerprint density at radius 3 is 2.65 bits per heavy atom. The van der Waals surface area contributed by atoms with Crippen LogP contribution in [0.15, 0.2) is 54.7 Å². The van der Waals surface area contributed by atoms with Crippen LogP contribution in [0.1, 0.15) is 18.5 Å². The molecule has 4 nitrogen and oxygen atoms in total. The summed E-state index contributed by atoms with van der Waals surface area (Å²) in [6.45, 7) is 1.01. The van der Waals surface area contributed by atoms with E-state index in [1.807, 2.05) is 48.5 Å². The molecule has 2 aromatic rings. The zero-order valence-corrected chi connectivity index (χ0v) is 11.3. The molecule has 0 aliphatic rings. The van der Waals surface area contributed by atoms with Crippen LogP contribution in [0.25, 0.3) is 0 Å². The summed E-state index contributed by atoms with van der Waals surface area (Å²) in [5, 5.41) is 2.84. The molecule has 1 heterocycles. The number of carbonyl (C=O) groups excluding carboxylic acids is 1. The van der Waals surface area contributed by atoms with Gasteiger partial charge in [0.2, 0.25) is 5.91 Å². The third kappa shape index (κ3) is 5.10. The van der Waals surface area contributed by atoms with Gasteiger partial charge in [0.25, 0.3) is 0 Å². The van der Waals surface area contributed by atoms with Gasteiger partial charge in [-0.05, 0) is 30.7 Å². The van der Waals surface area contributed by atoms with Crippen molar-refractivity contribution in [2.75, 3.05) is 6.61 Å². The number of carbonyl (C=O) groups is 1. The summed E-state index contributed by atoms with van der Waals surface area (Å²) in [6.07, 6.45) is 2.87. The maximum absolute atomic E-state index is 11.6. The maximum atomic E-state index is 11.6.